The number of alkyl halides is 3. The van der Waals surface area contributed by atoms with E-state index in [9.17, 15) is 42.3 Å². The fraction of sp³-hybridized carbons (Fsp3) is 0.444. The zero-order valence-electron chi connectivity index (χ0n) is 28.9. The first kappa shape index (κ1) is 39.5. The highest BCUT2D eigenvalue weighted by atomic mass is 19.4. The number of cyclic esters (lactones) is 1. The molecule has 4 rings (SSSR count). The van der Waals surface area contributed by atoms with E-state index in [4.69, 9.17) is 13.9 Å². The molecule has 16 heteroatoms. The maximum Gasteiger partial charge on any atom is 0.416 e. The van der Waals surface area contributed by atoms with Crippen molar-refractivity contribution in [1.29, 1.82) is 0 Å². The second-order valence-corrected chi connectivity index (χ2v) is 12.7. The largest absolute Gasteiger partial charge is 0.460 e. The SMILES string of the molecule is CC1=C/[C@@H](O)CC(=O)Cc2nc(co2)C(=O)N2CCC[C@@H]2C(=O)O[C@H]([C@@H](C)COC(=O)Nc2ccc(C(F)(F)F)cc2)[C@H](C)/C=C\C(=O)NC/C=C\1. The van der Waals surface area contributed by atoms with E-state index in [0.29, 0.717) is 12.0 Å². The van der Waals surface area contributed by atoms with Gasteiger partial charge in [-0.2, -0.15) is 13.2 Å². The van der Waals surface area contributed by atoms with Gasteiger partial charge in [0.1, 0.15) is 24.2 Å². The summed E-state index contributed by atoms with van der Waals surface area (Å²) in [6.07, 6.45) is 1.46. The number of halogens is 3. The van der Waals surface area contributed by atoms with Crippen LogP contribution < -0.4 is 10.6 Å². The van der Waals surface area contributed by atoms with E-state index in [1.165, 1.54) is 23.1 Å². The highest BCUT2D eigenvalue weighted by Gasteiger charge is 2.39. The first-order valence-electron chi connectivity index (χ1n) is 16.7. The monoisotopic (exact) mass is 730 g/mol. The summed E-state index contributed by atoms with van der Waals surface area (Å²) in [4.78, 5) is 70.2. The second-order valence-electron chi connectivity index (χ2n) is 12.7. The highest BCUT2D eigenvalue weighted by Crippen LogP contribution is 2.30. The molecule has 5 atom stereocenters. The number of nitrogens with one attached hydrogen (secondary N) is 2. The molecule has 0 spiro atoms. The number of benzene rings is 1. The quantitative estimate of drug-likeness (QED) is 0.371. The van der Waals surface area contributed by atoms with E-state index in [1.807, 2.05) is 0 Å². The van der Waals surface area contributed by atoms with Crippen molar-refractivity contribution in [2.75, 3.05) is 25.0 Å². The zero-order valence-corrected chi connectivity index (χ0v) is 28.9. The zero-order chi connectivity index (χ0) is 38.0. The third kappa shape index (κ3) is 11.4. The number of oxazole rings is 1. The third-order valence-electron chi connectivity index (χ3n) is 8.39. The van der Waals surface area contributed by atoms with Gasteiger partial charge in [0.15, 0.2) is 5.69 Å². The normalized spacial score (nSPS) is 25.5. The van der Waals surface area contributed by atoms with Gasteiger partial charge in [0.25, 0.3) is 5.91 Å². The summed E-state index contributed by atoms with van der Waals surface area (Å²) in [5, 5.41) is 15.4. The number of amides is 3. The molecule has 0 saturated carbocycles. The first-order valence-corrected chi connectivity index (χ1v) is 16.7. The van der Waals surface area contributed by atoms with Gasteiger partial charge in [-0.1, -0.05) is 43.7 Å². The molecule has 3 amide bonds. The minimum Gasteiger partial charge on any atom is -0.460 e. The van der Waals surface area contributed by atoms with Crippen LogP contribution in [-0.2, 0) is 36.5 Å². The second kappa shape index (κ2) is 17.8. The van der Waals surface area contributed by atoms with Crippen LogP contribution in [0.25, 0.3) is 0 Å². The minimum absolute atomic E-state index is 0.0227. The van der Waals surface area contributed by atoms with Crippen LogP contribution in [0, 0.1) is 11.8 Å². The average molecular weight is 731 g/mol. The number of aliphatic hydroxyl groups is 1. The molecule has 0 radical (unpaired) electrons. The molecule has 1 aromatic carbocycles. The van der Waals surface area contributed by atoms with Gasteiger partial charge in [0.2, 0.25) is 11.8 Å². The number of ether oxygens (including phenoxy) is 2. The predicted octanol–water partition coefficient (Wildman–Crippen LogP) is 4.78. The Morgan fingerprint density at radius 2 is 1.90 bits per heavy atom. The summed E-state index contributed by atoms with van der Waals surface area (Å²) >= 11 is 0. The van der Waals surface area contributed by atoms with Crippen LogP contribution in [0.15, 0.2) is 70.9 Å². The number of aromatic nitrogens is 1. The van der Waals surface area contributed by atoms with Gasteiger partial charge >= 0.3 is 18.2 Å². The number of carbonyl (C=O) groups is 5. The maximum atomic E-state index is 13.6. The lowest BCUT2D eigenvalue weighted by molar-refractivity contribution is -0.159. The molecule has 2 aliphatic rings. The summed E-state index contributed by atoms with van der Waals surface area (Å²) < 4.78 is 55.3. The van der Waals surface area contributed by atoms with Gasteiger partial charge in [0, 0.05) is 37.0 Å². The fourth-order valence-corrected chi connectivity index (χ4v) is 5.75. The Bertz CT molecular complexity index is 1700. The van der Waals surface area contributed by atoms with E-state index in [0.717, 1.165) is 30.5 Å². The molecule has 2 aromatic rings. The molecule has 1 fully saturated rings. The summed E-state index contributed by atoms with van der Waals surface area (Å²) in [5.41, 5.74) is -0.276. The number of allylic oxidation sites excluding steroid dienone is 2. The van der Waals surface area contributed by atoms with Gasteiger partial charge in [-0.25, -0.2) is 14.6 Å². The molecule has 2 aliphatic heterocycles. The molecule has 2 bridgehead atoms. The van der Waals surface area contributed by atoms with Crippen molar-refractivity contribution in [3.63, 3.8) is 0 Å². The number of hydrogen-bond acceptors (Lipinski definition) is 10. The van der Waals surface area contributed by atoms with Crippen LogP contribution in [-0.4, -0.2) is 82.6 Å². The molecule has 0 unspecified atom stereocenters. The topological polar surface area (TPSA) is 177 Å². The molecular formula is C36H41F3N4O9. The van der Waals surface area contributed by atoms with Crippen LogP contribution in [0.2, 0.25) is 0 Å². The smallest absolute Gasteiger partial charge is 0.416 e. The number of anilines is 1. The summed E-state index contributed by atoms with van der Waals surface area (Å²) in [5.74, 6) is -3.46. The predicted molar refractivity (Wildman–Crippen MR) is 180 cm³/mol. The number of rotatable bonds is 4. The van der Waals surface area contributed by atoms with E-state index >= 15 is 0 Å². The molecule has 3 N–H and O–H groups in total. The summed E-state index contributed by atoms with van der Waals surface area (Å²) in [7, 11) is 0. The van der Waals surface area contributed by atoms with Crippen molar-refractivity contribution >= 4 is 35.3 Å². The van der Waals surface area contributed by atoms with Crippen molar-refractivity contribution in [3.05, 3.63) is 83.6 Å². The number of hydrogen-bond donors (Lipinski definition) is 3. The number of ketones is 1. The van der Waals surface area contributed by atoms with Crippen molar-refractivity contribution in [2.45, 2.75) is 70.9 Å². The van der Waals surface area contributed by atoms with E-state index in [2.05, 4.69) is 15.6 Å². The first-order chi connectivity index (χ1) is 24.6. The summed E-state index contributed by atoms with van der Waals surface area (Å²) in [6, 6.07) is 2.80. The Morgan fingerprint density at radius 1 is 1.17 bits per heavy atom. The summed E-state index contributed by atoms with van der Waals surface area (Å²) in [6.45, 7) is 5.14. The lowest BCUT2D eigenvalue weighted by Gasteiger charge is -2.30. The molecule has 1 saturated heterocycles. The van der Waals surface area contributed by atoms with Crippen LogP contribution in [0.4, 0.5) is 23.7 Å². The van der Waals surface area contributed by atoms with Crippen LogP contribution in [0.5, 0.6) is 0 Å². The number of nitrogens with zero attached hydrogens (tertiary/aromatic N) is 2. The van der Waals surface area contributed by atoms with Gasteiger partial charge in [-0.15, -0.1) is 0 Å². The molecular weight excluding hydrogens is 689 g/mol. The number of carbonyl (C=O) groups excluding carboxylic acids is 5. The van der Waals surface area contributed by atoms with Gasteiger partial charge < -0.3 is 29.2 Å². The van der Waals surface area contributed by atoms with Gasteiger partial charge in [-0.05, 0) is 50.1 Å². The third-order valence-corrected chi connectivity index (χ3v) is 8.39. The molecule has 3 heterocycles. The van der Waals surface area contributed by atoms with Crippen molar-refractivity contribution in [3.8, 4) is 0 Å². The van der Waals surface area contributed by atoms with Crippen molar-refractivity contribution in [2.24, 2.45) is 11.8 Å². The number of fused-ring (bicyclic) bond motifs is 3. The lowest BCUT2D eigenvalue weighted by atomic mass is 9.93. The molecule has 1 aromatic heterocycles. The Hall–Kier alpha value is -5.25. The van der Waals surface area contributed by atoms with E-state index < -0.39 is 65.7 Å². The number of aliphatic hydroxyl groups excluding tert-OH is 1. The van der Waals surface area contributed by atoms with E-state index in [-0.39, 0.29) is 62.0 Å². The Labute approximate surface area is 297 Å². The van der Waals surface area contributed by atoms with E-state index in [1.54, 1.807) is 32.9 Å². The Kier molecular flexibility index (Phi) is 13.5. The number of Topliss-reactive ketones (excluding diaryl/α,β-unsaturated/α-hetero) is 1. The highest BCUT2D eigenvalue weighted by molar-refractivity contribution is 5.95. The van der Waals surface area contributed by atoms with Crippen molar-refractivity contribution in [1.82, 2.24) is 15.2 Å². The van der Waals surface area contributed by atoms with Crippen LogP contribution in [0.1, 0.15) is 62.0 Å². The standard InChI is InChI=1S/C36H41F3N4O9/c1-21-6-4-14-40-30(46)13-8-22(2)32(23(3)19-51-35(49)41-25-11-9-24(10-12-25)36(37,38)39)52-34(48)29-7-5-15-43(29)33(47)28-20-50-31(42-28)18-27(45)17-26(44)16-21/h4,6,8-13,16,20,22-23,26,29,32,44H,5,7,14-15,17-19H2,1-3H3,(H,40,46)(H,41,49)/b6-4-,13-8-,21-16-/t22-,23+,26-,29-,32+/m1/s1. The number of esters is 1. The van der Waals surface area contributed by atoms with Gasteiger partial charge in [0.05, 0.1) is 24.7 Å². The molecule has 13 nitrogen and oxygen atoms in total. The lowest BCUT2D eigenvalue weighted by Crippen LogP contribution is -2.44. The molecule has 52 heavy (non-hydrogen) atoms. The Morgan fingerprint density at radius 3 is 2.62 bits per heavy atom. The molecule has 280 valence electrons. The minimum atomic E-state index is -4.54. The molecule has 0 aliphatic carbocycles. The van der Waals surface area contributed by atoms with Gasteiger partial charge in [-0.3, -0.25) is 19.7 Å². The maximum absolute atomic E-state index is 13.6. The van der Waals surface area contributed by atoms with Crippen LogP contribution >= 0.6 is 0 Å². The fourth-order valence-electron chi connectivity index (χ4n) is 5.75. The average Bonchev–Trinajstić information content (AvgIpc) is 3.76. The van der Waals surface area contributed by atoms with Crippen molar-refractivity contribution < 1.29 is 56.1 Å². The Balaban J connectivity index is 1.52. The van der Waals surface area contributed by atoms with Crippen LogP contribution in [0.3, 0.4) is 0 Å².